The Bertz CT molecular complexity index is 271. The molecule has 0 radical (unpaired) electrons. The Morgan fingerprint density at radius 2 is 1.47 bits per heavy atom. The number of hydrogen-bond donors (Lipinski definition) is 1. The minimum Gasteiger partial charge on any atom is -0.393 e. The molecule has 0 amide bonds. The van der Waals surface area contributed by atoms with Gasteiger partial charge in [-0.15, -0.1) is 0 Å². The Morgan fingerprint density at radius 1 is 0.733 bits per heavy atom. The molecule has 0 aromatic rings. The summed E-state index contributed by atoms with van der Waals surface area (Å²) < 4.78 is 0. The Morgan fingerprint density at radius 3 is 2.07 bits per heavy atom. The van der Waals surface area contributed by atoms with Crippen LogP contribution in [-0.2, 0) is 0 Å². The van der Waals surface area contributed by atoms with Gasteiger partial charge in [0, 0.05) is 0 Å². The summed E-state index contributed by atoms with van der Waals surface area (Å²) in [6.07, 6.45) is 11.8. The smallest absolute Gasteiger partial charge is 0.0540 e. The maximum Gasteiger partial charge on any atom is 0.0540 e. The van der Waals surface area contributed by atoms with Crippen LogP contribution in [0.1, 0.15) is 57.8 Å². The van der Waals surface area contributed by atoms with Gasteiger partial charge in [0.15, 0.2) is 0 Å². The first-order valence-corrected chi connectivity index (χ1v) is 6.71. The van der Waals surface area contributed by atoms with Gasteiger partial charge in [0.1, 0.15) is 0 Å². The van der Waals surface area contributed by atoms with Crippen LogP contribution in [0.2, 0.25) is 0 Å². The summed E-state index contributed by atoms with van der Waals surface area (Å²) in [5.41, 5.74) is 3.62. The van der Waals surface area contributed by atoms with Crippen LogP contribution < -0.4 is 0 Å². The summed E-state index contributed by atoms with van der Waals surface area (Å²) >= 11 is 0. The topological polar surface area (TPSA) is 20.2 Å². The molecule has 3 aliphatic carbocycles. The highest BCUT2D eigenvalue weighted by Crippen LogP contribution is 2.46. The van der Waals surface area contributed by atoms with Crippen molar-refractivity contribution in [1.29, 1.82) is 0 Å². The van der Waals surface area contributed by atoms with E-state index in [2.05, 4.69) is 0 Å². The summed E-state index contributed by atoms with van der Waals surface area (Å²) in [7, 11) is 0. The summed E-state index contributed by atoms with van der Waals surface area (Å²) in [5.74, 6) is 1.90. The third-order valence-corrected chi connectivity index (χ3v) is 4.96. The molecule has 0 saturated heterocycles. The van der Waals surface area contributed by atoms with Crippen molar-refractivity contribution in [3.63, 3.8) is 0 Å². The Labute approximate surface area is 92.6 Å². The standard InChI is InChI=1S/C14H22O/c15-14-7-5-11(6-8-14)13-4-2-10-1-3-12(10)9-13/h11,13-15H,1-9H2. The van der Waals surface area contributed by atoms with Crippen LogP contribution in [0.25, 0.3) is 0 Å². The first kappa shape index (κ1) is 9.89. The van der Waals surface area contributed by atoms with Crippen LogP contribution in [0.15, 0.2) is 11.1 Å². The molecule has 84 valence electrons. The van der Waals surface area contributed by atoms with Crippen LogP contribution in [0.3, 0.4) is 0 Å². The average molecular weight is 206 g/mol. The molecule has 1 nitrogen and oxygen atoms in total. The molecule has 3 aliphatic rings. The van der Waals surface area contributed by atoms with Gasteiger partial charge in [-0.1, -0.05) is 11.1 Å². The van der Waals surface area contributed by atoms with Gasteiger partial charge >= 0.3 is 0 Å². The van der Waals surface area contributed by atoms with Crippen molar-refractivity contribution in [2.45, 2.75) is 63.9 Å². The molecular weight excluding hydrogens is 184 g/mol. The van der Waals surface area contributed by atoms with Crippen LogP contribution in [0, 0.1) is 11.8 Å². The molecule has 0 bridgehead atoms. The minimum atomic E-state index is 0.0170. The van der Waals surface area contributed by atoms with Crippen molar-refractivity contribution < 1.29 is 5.11 Å². The minimum absolute atomic E-state index is 0.0170. The van der Waals surface area contributed by atoms with E-state index in [0.29, 0.717) is 0 Å². The first-order valence-electron chi connectivity index (χ1n) is 6.71. The number of aliphatic hydroxyl groups excluding tert-OH is 1. The maximum atomic E-state index is 9.52. The summed E-state index contributed by atoms with van der Waals surface area (Å²) in [4.78, 5) is 0. The van der Waals surface area contributed by atoms with E-state index >= 15 is 0 Å². The van der Waals surface area contributed by atoms with Gasteiger partial charge in [-0.05, 0) is 69.6 Å². The van der Waals surface area contributed by atoms with E-state index in [-0.39, 0.29) is 6.10 Å². The fraction of sp³-hybridized carbons (Fsp3) is 0.857. The summed E-state index contributed by atoms with van der Waals surface area (Å²) in [5, 5.41) is 9.52. The molecule has 1 unspecified atom stereocenters. The molecule has 1 atom stereocenters. The normalized spacial score (nSPS) is 41.0. The molecule has 0 heterocycles. The van der Waals surface area contributed by atoms with Crippen LogP contribution in [0.5, 0.6) is 0 Å². The van der Waals surface area contributed by atoms with Gasteiger partial charge in [0.2, 0.25) is 0 Å². The third kappa shape index (κ3) is 1.87. The summed E-state index contributed by atoms with van der Waals surface area (Å²) in [6.45, 7) is 0. The highest BCUT2D eigenvalue weighted by atomic mass is 16.3. The monoisotopic (exact) mass is 206 g/mol. The highest BCUT2D eigenvalue weighted by molar-refractivity contribution is 5.27. The van der Waals surface area contributed by atoms with Crippen molar-refractivity contribution in [2.75, 3.05) is 0 Å². The quantitative estimate of drug-likeness (QED) is 0.652. The van der Waals surface area contributed by atoms with Gasteiger partial charge in [0.25, 0.3) is 0 Å². The van der Waals surface area contributed by atoms with Crippen molar-refractivity contribution in [3.05, 3.63) is 11.1 Å². The molecule has 15 heavy (non-hydrogen) atoms. The van der Waals surface area contributed by atoms with Gasteiger partial charge in [-0.25, -0.2) is 0 Å². The zero-order valence-corrected chi connectivity index (χ0v) is 9.54. The fourth-order valence-electron chi connectivity index (χ4n) is 3.78. The molecule has 0 aromatic heterocycles. The van der Waals surface area contributed by atoms with Crippen molar-refractivity contribution in [3.8, 4) is 0 Å². The van der Waals surface area contributed by atoms with Crippen LogP contribution >= 0.6 is 0 Å². The molecular formula is C14H22O. The maximum absolute atomic E-state index is 9.52. The van der Waals surface area contributed by atoms with E-state index in [1.807, 2.05) is 11.1 Å². The number of hydrogen-bond acceptors (Lipinski definition) is 1. The van der Waals surface area contributed by atoms with E-state index < -0.39 is 0 Å². The van der Waals surface area contributed by atoms with E-state index in [1.54, 1.807) is 0 Å². The molecule has 1 saturated carbocycles. The average Bonchev–Trinajstić information content (AvgIpc) is 2.22. The van der Waals surface area contributed by atoms with Gasteiger partial charge in [-0.2, -0.15) is 0 Å². The second kappa shape index (κ2) is 3.93. The van der Waals surface area contributed by atoms with E-state index in [4.69, 9.17) is 0 Å². The summed E-state index contributed by atoms with van der Waals surface area (Å²) in [6, 6.07) is 0. The van der Waals surface area contributed by atoms with E-state index in [1.165, 1.54) is 44.9 Å². The predicted octanol–water partition coefficient (Wildman–Crippen LogP) is 3.43. The molecule has 0 spiro atoms. The zero-order valence-electron chi connectivity index (χ0n) is 9.54. The van der Waals surface area contributed by atoms with Crippen molar-refractivity contribution in [1.82, 2.24) is 0 Å². The molecule has 0 aromatic carbocycles. The third-order valence-electron chi connectivity index (χ3n) is 4.96. The molecule has 3 rings (SSSR count). The zero-order chi connectivity index (χ0) is 10.3. The number of allylic oxidation sites excluding steroid dienone is 2. The van der Waals surface area contributed by atoms with Crippen molar-refractivity contribution >= 4 is 0 Å². The number of aliphatic hydroxyl groups is 1. The lowest BCUT2D eigenvalue weighted by molar-refractivity contribution is 0.0868. The lowest BCUT2D eigenvalue weighted by Crippen LogP contribution is -2.27. The van der Waals surface area contributed by atoms with E-state index in [9.17, 15) is 5.11 Å². The van der Waals surface area contributed by atoms with Gasteiger partial charge in [-0.3, -0.25) is 0 Å². The highest BCUT2D eigenvalue weighted by Gasteiger charge is 2.32. The predicted molar refractivity (Wildman–Crippen MR) is 61.6 cm³/mol. The second-order valence-electron chi connectivity index (χ2n) is 5.78. The molecule has 0 aliphatic heterocycles. The van der Waals surface area contributed by atoms with Crippen LogP contribution in [-0.4, -0.2) is 11.2 Å². The molecule has 1 heteroatoms. The number of rotatable bonds is 1. The van der Waals surface area contributed by atoms with Crippen molar-refractivity contribution in [2.24, 2.45) is 11.8 Å². The fourth-order valence-corrected chi connectivity index (χ4v) is 3.78. The Hall–Kier alpha value is -0.300. The first-order chi connectivity index (χ1) is 7.33. The largest absolute Gasteiger partial charge is 0.393 e. The Kier molecular flexibility index (Phi) is 2.59. The van der Waals surface area contributed by atoms with E-state index in [0.717, 1.165) is 24.7 Å². The molecule has 1 N–H and O–H groups in total. The lowest BCUT2D eigenvalue weighted by atomic mass is 9.67. The van der Waals surface area contributed by atoms with Crippen LogP contribution in [0.4, 0.5) is 0 Å². The van der Waals surface area contributed by atoms with Gasteiger partial charge in [0.05, 0.1) is 6.10 Å². The lowest BCUT2D eigenvalue weighted by Gasteiger charge is -2.39. The molecule has 1 fully saturated rings. The second-order valence-corrected chi connectivity index (χ2v) is 5.78. The Balaban J connectivity index is 1.59. The van der Waals surface area contributed by atoms with Gasteiger partial charge < -0.3 is 5.11 Å². The SMILES string of the molecule is OC1CCC(C2CCC3=C(CC3)C2)CC1.